The molecule has 0 spiro atoms. The summed E-state index contributed by atoms with van der Waals surface area (Å²) >= 11 is 6.31. The van der Waals surface area contributed by atoms with Crippen molar-refractivity contribution < 1.29 is 4.79 Å². The van der Waals surface area contributed by atoms with Gasteiger partial charge in [0.15, 0.2) is 5.82 Å². The predicted molar refractivity (Wildman–Crippen MR) is 145 cm³/mol. The van der Waals surface area contributed by atoms with Crippen LogP contribution in [0.3, 0.4) is 0 Å². The summed E-state index contributed by atoms with van der Waals surface area (Å²) in [6.07, 6.45) is 0.365. The molecule has 0 fully saturated rings. The van der Waals surface area contributed by atoms with Gasteiger partial charge in [0.2, 0.25) is 5.91 Å². The van der Waals surface area contributed by atoms with Crippen molar-refractivity contribution >= 4 is 34.2 Å². The molecule has 0 unspecified atom stereocenters. The Bertz CT molecular complexity index is 1280. The van der Waals surface area contributed by atoms with Gasteiger partial charge >= 0.3 is 0 Å². The Morgan fingerprint density at radius 3 is 2.31 bits per heavy atom. The summed E-state index contributed by atoms with van der Waals surface area (Å²) in [5.41, 5.74) is 2.82. The maximum Gasteiger partial charge on any atom is 0.222 e. The largest absolute Gasteiger partial charge is 0.355 e. The molecule has 6 heteroatoms. The van der Waals surface area contributed by atoms with E-state index in [9.17, 15) is 4.79 Å². The van der Waals surface area contributed by atoms with Crippen LogP contribution in [0.4, 0.5) is 5.82 Å². The molecule has 1 amide bonds. The molecule has 0 aliphatic carbocycles. The Kier molecular flexibility index (Phi) is 7.98. The third kappa shape index (κ3) is 6.37. The Labute approximate surface area is 212 Å². The van der Waals surface area contributed by atoms with Crippen LogP contribution < -0.4 is 10.2 Å². The van der Waals surface area contributed by atoms with Gasteiger partial charge in [-0.15, -0.1) is 0 Å². The van der Waals surface area contributed by atoms with Gasteiger partial charge in [0.05, 0.1) is 11.6 Å². The monoisotopic (exact) mass is 486 g/mol. The molecule has 35 heavy (non-hydrogen) atoms. The maximum atomic E-state index is 12.9. The van der Waals surface area contributed by atoms with E-state index in [4.69, 9.17) is 21.6 Å². The number of halogens is 1. The summed E-state index contributed by atoms with van der Waals surface area (Å²) in [6, 6.07) is 25.6. The van der Waals surface area contributed by atoms with Gasteiger partial charge in [-0.1, -0.05) is 86.1 Å². The molecule has 0 aliphatic rings. The van der Waals surface area contributed by atoms with Crippen molar-refractivity contribution in [3.05, 3.63) is 89.4 Å². The van der Waals surface area contributed by atoms with Crippen LogP contribution in [0.1, 0.15) is 38.8 Å². The standard InChI is InChI=1S/C29H31ClN4O/c1-20(2)19-34(17-16-27(35)31-21(3)22-10-6-4-7-11-22)29-25-15-14-24(30)18-26(25)32-28(33-29)23-12-8-5-9-13-23/h4-15,18,20-21H,16-17,19H2,1-3H3,(H,31,35)/t21-/m1/s1. The van der Waals surface area contributed by atoms with Crippen LogP contribution in [0.15, 0.2) is 78.9 Å². The number of hydrogen-bond acceptors (Lipinski definition) is 4. The van der Waals surface area contributed by atoms with Crippen molar-refractivity contribution in [2.45, 2.75) is 33.2 Å². The first-order valence-electron chi connectivity index (χ1n) is 12.0. The van der Waals surface area contributed by atoms with Crippen LogP contribution in [0.5, 0.6) is 0 Å². The Hall–Kier alpha value is -3.44. The molecule has 0 saturated carbocycles. The van der Waals surface area contributed by atoms with Crippen LogP contribution in [0, 0.1) is 5.92 Å². The van der Waals surface area contributed by atoms with Crippen molar-refractivity contribution in [1.29, 1.82) is 0 Å². The fraction of sp³-hybridized carbons (Fsp3) is 0.276. The summed E-state index contributed by atoms with van der Waals surface area (Å²) in [7, 11) is 0. The number of aromatic nitrogens is 2. The van der Waals surface area contributed by atoms with Crippen LogP contribution in [0.25, 0.3) is 22.3 Å². The molecule has 4 rings (SSSR count). The van der Waals surface area contributed by atoms with Crippen molar-refractivity contribution in [2.75, 3.05) is 18.0 Å². The number of nitrogens with zero attached hydrogens (tertiary/aromatic N) is 3. The van der Waals surface area contributed by atoms with Gasteiger partial charge in [-0.05, 0) is 36.6 Å². The minimum atomic E-state index is -0.0473. The SMILES string of the molecule is CC(C)CN(CCC(=O)N[C@H](C)c1ccccc1)c1nc(-c2ccccc2)nc2cc(Cl)ccc12. The predicted octanol–water partition coefficient (Wildman–Crippen LogP) is 6.68. The molecular weight excluding hydrogens is 456 g/mol. The normalized spacial score (nSPS) is 12.0. The number of hydrogen-bond donors (Lipinski definition) is 1. The number of benzene rings is 3. The van der Waals surface area contributed by atoms with E-state index in [2.05, 4.69) is 24.1 Å². The lowest BCUT2D eigenvalue weighted by Gasteiger charge is -2.27. The second-order valence-electron chi connectivity index (χ2n) is 9.19. The van der Waals surface area contributed by atoms with Crippen molar-refractivity contribution in [3.8, 4) is 11.4 Å². The molecule has 180 valence electrons. The molecule has 0 aliphatic heterocycles. The number of carbonyl (C=O) groups is 1. The average molecular weight is 487 g/mol. The first-order valence-corrected chi connectivity index (χ1v) is 12.4. The first kappa shape index (κ1) is 24.7. The molecule has 1 N–H and O–H groups in total. The molecule has 0 radical (unpaired) electrons. The van der Waals surface area contributed by atoms with Crippen LogP contribution >= 0.6 is 11.6 Å². The van der Waals surface area contributed by atoms with Gasteiger partial charge in [0.1, 0.15) is 5.82 Å². The van der Waals surface area contributed by atoms with E-state index in [1.165, 1.54) is 0 Å². The van der Waals surface area contributed by atoms with Crippen molar-refractivity contribution in [3.63, 3.8) is 0 Å². The quantitative estimate of drug-likeness (QED) is 0.286. The smallest absolute Gasteiger partial charge is 0.222 e. The second-order valence-corrected chi connectivity index (χ2v) is 9.62. The molecule has 1 heterocycles. The third-order valence-electron chi connectivity index (χ3n) is 5.84. The number of rotatable bonds is 9. The molecular formula is C29H31ClN4O. The molecule has 0 saturated heterocycles. The fourth-order valence-electron chi connectivity index (χ4n) is 4.14. The summed E-state index contributed by atoms with van der Waals surface area (Å²) in [5, 5.41) is 4.68. The van der Waals surface area contributed by atoms with E-state index in [0.717, 1.165) is 34.4 Å². The lowest BCUT2D eigenvalue weighted by atomic mass is 10.1. The minimum absolute atomic E-state index is 0.0137. The van der Waals surface area contributed by atoms with Gasteiger partial charge in [-0.2, -0.15) is 0 Å². The van der Waals surface area contributed by atoms with E-state index >= 15 is 0 Å². The van der Waals surface area contributed by atoms with Crippen LogP contribution in [0.2, 0.25) is 5.02 Å². The second kappa shape index (κ2) is 11.3. The van der Waals surface area contributed by atoms with E-state index in [1.807, 2.05) is 85.8 Å². The zero-order valence-corrected chi connectivity index (χ0v) is 21.2. The minimum Gasteiger partial charge on any atom is -0.355 e. The molecule has 5 nitrogen and oxygen atoms in total. The van der Waals surface area contributed by atoms with Crippen molar-refractivity contribution in [2.24, 2.45) is 5.92 Å². The van der Waals surface area contributed by atoms with E-state index in [-0.39, 0.29) is 11.9 Å². The van der Waals surface area contributed by atoms with E-state index < -0.39 is 0 Å². The maximum absolute atomic E-state index is 12.9. The lowest BCUT2D eigenvalue weighted by molar-refractivity contribution is -0.121. The summed E-state index contributed by atoms with van der Waals surface area (Å²) < 4.78 is 0. The number of carbonyl (C=O) groups excluding carboxylic acids is 1. The highest BCUT2D eigenvalue weighted by Gasteiger charge is 2.19. The summed E-state index contributed by atoms with van der Waals surface area (Å²) in [6.45, 7) is 7.66. The van der Waals surface area contributed by atoms with Crippen LogP contribution in [-0.2, 0) is 4.79 Å². The van der Waals surface area contributed by atoms with Crippen LogP contribution in [-0.4, -0.2) is 29.0 Å². The summed E-state index contributed by atoms with van der Waals surface area (Å²) in [4.78, 5) is 24.8. The average Bonchev–Trinajstić information content (AvgIpc) is 2.86. The molecule has 3 aromatic carbocycles. The number of nitrogens with one attached hydrogen (secondary N) is 1. The topological polar surface area (TPSA) is 58.1 Å². The fourth-order valence-corrected chi connectivity index (χ4v) is 4.31. The zero-order valence-electron chi connectivity index (χ0n) is 20.4. The molecule has 0 bridgehead atoms. The molecule has 4 aromatic rings. The third-order valence-corrected chi connectivity index (χ3v) is 6.08. The van der Waals surface area contributed by atoms with Crippen molar-refractivity contribution in [1.82, 2.24) is 15.3 Å². The highest BCUT2D eigenvalue weighted by atomic mass is 35.5. The molecule has 1 atom stereocenters. The van der Waals surface area contributed by atoms with Gasteiger partial charge in [0.25, 0.3) is 0 Å². The first-order chi connectivity index (χ1) is 16.9. The van der Waals surface area contributed by atoms with E-state index in [1.54, 1.807) is 0 Å². The Balaban J connectivity index is 1.62. The van der Waals surface area contributed by atoms with Gasteiger partial charge in [0, 0.05) is 35.5 Å². The van der Waals surface area contributed by atoms with E-state index in [0.29, 0.717) is 29.7 Å². The summed E-state index contributed by atoms with van der Waals surface area (Å²) in [5.74, 6) is 1.87. The number of anilines is 1. The Morgan fingerprint density at radius 2 is 1.63 bits per heavy atom. The van der Waals surface area contributed by atoms with Gasteiger partial charge in [-0.25, -0.2) is 9.97 Å². The highest BCUT2D eigenvalue weighted by Crippen LogP contribution is 2.30. The number of fused-ring (bicyclic) bond motifs is 1. The van der Waals surface area contributed by atoms with Gasteiger partial charge in [-0.3, -0.25) is 4.79 Å². The lowest BCUT2D eigenvalue weighted by Crippen LogP contribution is -2.34. The zero-order chi connectivity index (χ0) is 24.8. The highest BCUT2D eigenvalue weighted by molar-refractivity contribution is 6.31. The Morgan fingerprint density at radius 1 is 0.943 bits per heavy atom. The number of amides is 1. The molecule has 1 aromatic heterocycles. The van der Waals surface area contributed by atoms with Gasteiger partial charge < -0.3 is 10.2 Å².